The first-order valence-corrected chi connectivity index (χ1v) is 5.84. The van der Waals surface area contributed by atoms with Gasteiger partial charge < -0.3 is 10.4 Å². The van der Waals surface area contributed by atoms with Crippen LogP contribution in [0.2, 0.25) is 0 Å². The Morgan fingerprint density at radius 3 is 2.20 bits per heavy atom. The molecule has 1 aromatic carbocycles. The predicted octanol–water partition coefficient (Wildman–Crippen LogP) is 2.56. The Bertz CT molecular complexity index is 538. The molecular weight excluding hydrogens is 268 g/mol. The van der Waals surface area contributed by atoms with Gasteiger partial charge in [-0.15, -0.1) is 0 Å². The van der Waals surface area contributed by atoms with E-state index in [-0.39, 0.29) is 16.7 Å². The molecule has 20 heavy (non-hydrogen) atoms. The lowest BCUT2D eigenvalue weighted by molar-refractivity contribution is -0.138. The molecule has 0 fully saturated rings. The Labute approximate surface area is 115 Å². The molecule has 1 aromatic rings. The van der Waals surface area contributed by atoms with Gasteiger partial charge in [0.25, 0.3) is 11.8 Å². The van der Waals surface area contributed by atoms with Crippen LogP contribution in [0.25, 0.3) is 0 Å². The Morgan fingerprint density at radius 2 is 1.80 bits per heavy atom. The normalized spacial score (nSPS) is 12.6. The number of halogens is 2. The van der Waals surface area contributed by atoms with Crippen molar-refractivity contribution in [2.45, 2.75) is 25.8 Å². The summed E-state index contributed by atoms with van der Waals surface area (Å²) in [5.41, 5.74) is -0.457. The molecule has 1 rings (SSSR count). The number of carbonyl (C=O) groups excluding carboxylic acids is 1. The maximum Gasteiger partial charge on any atom is 0.325 e. The van der Waals surface area contributed by atoms with E-state index in [1.165, 1.54) is 26.0 Å². The van der Waals surface area contributed by atoms with Crippen LogP contribution in [0.4, 0.5) is 8.78 Å². The number of rotatable bonds is 5. The summed E-state index contributed by atoms with van der Waals surface area (Å²) >= 11 is 0. The lowest BCUT2D eigenvalue weighted by atomic mass is 10.0. The highest BCUT2D eigenvalue weighted by Crippen LogP contribution is 2.34. The van der Waals surface area contributed by atoms with Crippen LogP contribution in [0.3, 0.4) is 0 Å². The second-order valence-corrected chi connectivity index (χ2v) is 4.47. The molecule has 6 heteroatoms. The Morgan fingerprint density at radius 1 is 1.30 bits per heavy atom. The average Bonchev–Trinajstić information content (AvgIpc) is 2.38. The van der Waals surface area contributed by atoms with Crippen LogP contribution in [0.1, 0.15) is 29.8 Å². The number of allylic oxidation sites excluding steroid dienone is 1. The van der Waals surface area contributed by atoms with Gasteiger partial charge in [-0.2, -0.15) is 8.78 Å². The number of benzene rings is 1. The maximum atomic E-state index is 13.6. The number of aliphatic carboxylic acids is 1. The summed E-state index contributed by atoms with van der Waals surface area (Å²) in [6.07, 6.45) is 0. The molecule has 0 heterocycles. The van der Waals surface area contributed by atoms with Crippen molar-refractivity contribution < 1.29 is 23.5 Å². The van der Waals surface area contributed by atoms with E-state index in [0.717, 1.165) is 12.1 Å². The van der Waals surface area contributed by atoms with E-state index >= 15 is 0 Å². The van der Waals surface area contributed by atoms with Crippen molar-refractivity contribution in [3.05, 3.63) is 47.5 Å². The van der Waals surface area contributed by atoms with Crippen LogP contribution in [0.5, 0.6) is 0 Å². The Hall–Kier alpha value is -2.24. The summed E-state index contributed by atoms with van der Waals surface area (Å²) < 4.78 is 27.3. The molecule has 0 aliphatic rings. The zero-order valence-electron chi connectivity index (χ0n) is 11.1. The van der Waals surface area contributed by atoms with E-state index in [1.54, 1.807) is 0 Å². The molecule has 0 aliphatic heterocycles. The number of carboxylic acid groups (broad SMARTS) is 1. The summed E-state index contributed by atoms with van der Waals surface area (Å²) in [6.45, 7) is 5.75. The van der Waals surface area contributed by atoms with E-state index in [0.29, 0.717) is 0 Å². The molecule has 1 amide bonds. The van der Waals surface area contributed by atoms with Crippen molar-refractivity contribution in [2.75, 3.05) is 0 Å². The van der Waals surface area contributed by atoms with Gasteiger partial charge in [-0.05, 0) is 31.6 Å². The van der Waals surface area contributed by atoms with Crippen molar-refractivity contribution in [2.24, 2.45) is 0 Å². The van der Waals surface area contributed by atoms with Crippen molar-refractivity contribution in [1.82, 2.24) is 5.32 Å². The maximum absolute atomic E-state index is 13.6. The Kier molecular flexibility index (Phi) is 4.60. The standard InChI is InChI=1S/C14H15F2NO3/c1-8(2)14(15,16)11-6-4-10(5-7-11)12(18)17-9(3)13(19)20/h4-7,9H,1H2,2-3H3,(H,17,18)(H,19,20). The van der Waals surface area contributed by atoms with Crippen LogP contribution >= 0.6 is 0 Å². The van der Waals surface area contributed by atoms with Crippen molar-refractivity contribution >= 4 is 11.9 Å². The van der Waals surface area contributed by atoms with Crippen LogP contribution in [0, 0.1) is 0 Å². The van der Waals surface area contributed by atoms with Gasteiger partial charge in [0.05, 0.1) is 0 Å². The van der Waals surface area contributed by atoms with E-state index < -0.39 is 23.8 Å². The predicted molar refractivity (Wildman–Crippen MR) is 69.7 cm³/mol. The minimum Gasteiger partial charge on any atom is -0.480 e. The molecule has 0 aromatic heterocycles. The second kappa shape index (κ2) is 5.81. The van der Waals surface area contributed by atoms with Gasteiger partial charge in [0, 0.05) is 11.1 Å². The van der Waals surface area contributed by atoms with Gasteiger partial charge >= 0.3 is 5.97 Å². The van der Waals surface area contributed by atoms with E-state index in [9.17, 15) is 18.4 Å². The molecular formula is C14H15F2NO3. The SMILES string of the molecule is C=C(C)C(F)(F)c1ccc(C(=O)NC(C)C(=O)O)cc1. The van der Waals surface area contributed by atoms with E-state index in [1.807, 2.05) is 0 Å². The lowest BCUT2D eigenvalue weighted by Crippen LogP contribution is -2.38. The average molecular weight is 283 g/mol. The fourth-order valence-electron chi connectivity index (χ4n) is 1.42. The van der Waals surface area contributed by atoms with Gasteiger partial charge in [-0.3, -0.25) is 9.59 Å². The highest BCUT2D eigenvalue weighted by molar-refractivity contribution is 5.96. The third kappa shape index (κ3) is 3.40. The number of carbonyl (C=O) groups is 2. The molecule has 1 atom stereocenters. The zero-order chi connectivity index (χ0) is 15.5. The molecule has 1 unspecified atom stereocenters. The first-order valence-electron chi connectivity index (χ1n) is 5.84. The van der Waals surface area contributed by atoms with Crippen LogP contribution in [0.15, 0.2) is 36.4 Å². The highest BCUT2D eigenvalue weighted by Gasteiger charge is 2.32. The molecule has 0 aliphatic carbocycles. The van der Waals surface area contributed by atoms with Gasteiger partial charge in [0.15, 0.2) is 0 Å². The van der Waals surface area contributed by atoms with Gasteiger partial charge in [-0.25, -0.2) is 0 Å². The Balaban J connectivity index is 2.89. The van der Waals surface area contributed by atoms with Crippen LogP contribution in [-0.4, -0.2) is 23.0 Å². The molecule has 4 nitrogen and oxygen atoms in total. The summed E-state index contributed by atoms with van der Waals surface area (Å²) in [5.74, 6) is -4.97. The van der Waals surface area contributed by atoms with Crippen molar-refractivity contribution in [3.63, 3.8) is 0 Å². The fourth-order valence-corrected chi connectivity index (χ4v) is 1.42. The number of hydrogen-bond donors (Lipinski definition) is 2. The third-order valence-electron chi connectivity index (χ3n) is 2.76. The summed E-state index contributed by atoms with van der Waals surface area (Å²) in [5, 5.41) is 10.9. The summed E-state index contributed by atoms with van der Waals surface area (Å²) in [7, 11) is 0. The largest absolute Gasteiger partial charge is 0.480 e. The van der Waals surface area contributed by atoms with Crippen LogP contribution < -0.4 is 5.32 Å². The van der Waals surface area contributed by atoms with Gasteiger partial charge in [-0.1, -0.05) is 18.7 Å². The van der Waals surface area contributed by atoms with Gasteiger partial charge in [0.2, 0.25) is 0 Å². The number of hydrogen-bond acceptors (Lipinski definition) is 2. The highest BCUT2D eigenvalue weighted by atomic mass is 19.3. The van der Waals surface area contributed by atoms with Crippen LogP contribution in [-0.2, 0) is 10.7 Å². The lowest BCUT2D eigenvalue weighted by Gasteiger charge is -2.17. The number of nitrogens with one attached hydrogen (secondary N) is 1. The number of carboxylic acids is 1. The quantitative estimate of drug-likeness (QED) is 0.816. The van der Waals surface area contributed by atoms with E-state index in [4.69, 9.17) is 5.11 Å². The minimum absolute atomic E-state index is 0.111. The molecule has 0 spiro atoms. The van der Waals surface area contributed by atoms with Crippen molar-refractivity contribution in [3.8, 4) is 0 Å². The molecule has 0 saturated carbocycles. The molecule has 108 valence electrons. The topological polar surface area (TPSA) is 66.4 Å². The monoisotopic (exact) mass is 283 g/mol. The number of amides is 1. The second-order valence-electron chi connectivity index (χ2n) is 4.47. The fraction of sp³-hybridized carbons (Fsp3) is 0.286. The third-order valence-corrected chi connectivity index (χ3v) is 2.76. The molecule has 0 bridgehead atoms. The first-order chi connectivity index (χ1) is 9.16. The summed E-state index contributed by atoms with van der Waals surface area (Å²) in [6, 6.07) is 3.62. The molecule has 2 N–H and O–H groups in total. The van der Waals surface area contributed by atoms with E-state index in [2.05, 4.69) is 11.9 Å². The minimum atomic E-state index is -3.16. The summed E-state index contributed by atoms with van der Waals surface area (Å²) in [4.78, 5) is 22.3. The first kappa shape index (κ1) is 15.8. The van der Waals surface area contributed by atoms with Crippen molar-refractivity contribution in [1.29, 1.82) is 0 Å². The van der Waals surface area contributed by atoms with Gasteiger partial charge in [0.1, 0.15) is 6.04 Å². The number of alkyl halides is 2. The zero-order valence-corrected chi connectivity index (χ0v) is 11.1. The molecule has 0 saturated heterocycles. The smallest absolute Gasteiger partial charge is 0.325 e. The molecule has 0 radical (unpaired) electrons.